The molecule has 3 heterocycles. The van der Waals surface area contributed by atoms with Gasteiger partial charge in [0.15, 0.2) is 5.79 Å². The first kappa shape index (κ1) is 27.4. The molecular weight excluding hydrogens is 520 g/mol. The Morgan fingerprint density at radius 3 is 2.33 bits per heavy atom. The van der Waals surface area contributed by atoms with Crippen LogP contribution in [0.5, 0.6) is 5.75 Å². The van der Waals surface area contributed by atoms with Gasteiger partial charge in [0.2, 0.25) is 0 Å². The van der Waals surface area contributed by atoms with Crippen molar-refractivity contribution in [3.63, 3.8) is 0 Å². The largest absolute Gasteiger partial charge is 0.497 e. The van der Waals surface area contributed by atoms with E-state index in [1.807, 2.05) is 38.1 Å². The van der Waals surface area contributed by atoms with Crippen molar-refractivity contribution >= 4 is 17.7 Å². The zero-order valence-electron chi connectivity index (χ0n) is 22.4. The standard InChI is InChI=1S/C29H32N2O7S/c1-19-14-30(27(34)31(25(19)32)26(33)21-8-6-5-7-9-21)23-15-36-29(17-37-28(2,3)38-18-29)24(23)39-16-20-10-12-22(35-4)13-11-20/h5-14,23-24H,15-18H2,1-4H3/t23-,24+/m1/s1. The molecule has 0 radical (unpaired) electrons. The molecule has 0 saturated carbocycles. The molecule has 1 spiro atoms. The molecule has 0 N–H and O–H groups in total. The Balaban J connectivity index is 1.53. The molecule has 2 atom stereocenters. The molecule has 0 bridgehead atoms. The summed E-state index contributed by atoms with van der Waals surface area (Å²) in [6, 6.07) is 15.7. The molecular formula is C29H32N2O7S. The maximum atomic E-state index is 13.8. The van der Waals surface area contributed by atoms with Crippen molar-refractivity contribution in [3.8, 4) is 5.75 Å². The first-order valence-electron chi connectivity index (χ1n) is 12.7. The van der Waals surface area contributed by atoms with Crippen LogP contribution in [0.2, 0.25) is 0 Å². The Morgan fingerprint density at radius 2 is 1.69 bits per heavy atom. The fourth-order valence-electron chi connectivity index (χ4n) is 4.92. The molecule has 2 saturated heterocycles. The highest BCUT2D eigenvalue weighted by Gasteiger charge is 2.55. The van der Waals surface area contributed by atoms with Crippen molar-refractivity contribution in [1.82, 2.24) is 9.13 Å². The van der Waals surface area contributed by atoms with Crippen molar-refractivity contribution < 1.29 is 23.7 Å². The molecule has 0 amide bonds. The number of aromatic nitrogens is 2. The van der Waals surface area contributed by atoms with Gasteiger partial charge in [-0.1, -0.05) is 30.3 Å². The molecule has 1 aromatic heterocycles. The zero-order valence-corrected chi connectivity index (χ0v) is 23.2. The summed E-state index contributed by atoms with van der Waals surface area (Å²) in [4.78, 5) is 40.1. The van der Waals surface area contributed by atoms with Crippen molar-refractivity contribution in [3.05, 3.63) is 98.3 Å². The van der Waals surface area contributed by atoms with E-state index in [-0.39, 0.29) is 36.2 Å². The Morgan fingerprint density at radius 1 is 1.03 bits per heavy atom. The molecule has 5 rings (SSSR count). The number of aryl methyl sites for hydroxylation is 1. The fourth-order valence-corrected chi connectivity index (χ4v) is 6.42. The average Bonchev–Trinajstić information content (AvgIpc) is 3.29. The van der Waals surface area contributed by atoms with Gasteiger partial charge >= 0.3 is 5.69 Å². The maximum Gasteiger partial charge on any atom is 0.338 e. The highest BCUT2D eigenvalue weighted by Crippen LogP contribution is 2.45. The van der Waals surface area contributed by atoms with Crippen molar-refractivity contribution in [2.75, 3.05) is 26.9 Å². The summed E-state index contributed by atoms with van der Waals surface area (Å²) in [5, 5.41) is -0.273. The average molecular weight is 553 g/mol. The van der Waals surface area contributed by atoms with E-state index in [0.29, 0.717) is 5.75 Å². The summed E-state index contributed by atoms with van der Waals surface area (Å²) >= 11 is 1.63. The van der Waals surface area contributed by atoms with Crippen molar-refractivity contribution in [2.45, 2.75) is 49.2 Å². The van der Waals surface area contributed by atoms with E-state index >= 15 is 0 Å². The summed E-state index contributed by atoms with van der Waals surface area (Å²) in [6.07, 6.45) is 1.53. The number of methoxy groups -OCH3 is 1. The van der Waals surface area contributed by atoms with E-state index in [4.69, 9.17) is 18.9 Å². The summed E-state index contributed by atoms with van der Waals surface area (Å²) in [6.45, 7) is 6.08. The summed E-state index contributed by atoms with van der Waals surface area (Å²) in [7, 11) is 1.63. The van der Waals surface area contributed by atoms with Gasteiger partial charge in [0, 0.05) is 23.1 Å². The van der Waals surface area contributed by atoms with Crippen molar-refractivity contribution in [1.29, 1.82) is 0 Å². The summed E-state index contributed by atoms with van der Waals surface area (Å²) in [5.74, 6) is -0.00688. The number of nitrogens with zero attached hydrogens (tertiary/aromatic N) is 2. The minimum Gasteiger partial charge on any atom is -0.497 e. The van der Waals surface area contributed by atoms with Crippen LogP contribution in [0.3, 0.4) is 0 Å². The molecule has 2 fully saturated rings. The van der Waals surface area contributed by atoms with Crippen LogP contribution in [-0.4, -0.2) is 58.6 Å². The van der Waals surface area contributed by atoms with Crippen LogP contribution in [-0.2, 0) is 20.0 Å². The van der Waals surface area contributed by atoms with Gasteiger partial charge in [-0.2, -0.15) is 4.57 Å². The van der Waals surface area contributed by atoms with E-state index in [2.05, 4.69) is 0 Å². The molecule has 0 unspecified atom stereocenters. The van der Waals surface area contributed by atoms with Gasteiger partial charge in [0.1, 0.15) is 11.4 Å². The summed E-state index contributed by atoms with van der Waals surface area (Å²) < 4.78 is 25.9. The Labute approximate surface area is 230 Å². The molecule has 0 aliphatic carbocycles. The lowest BCUT2D eigenvalue weighted by molar-refractivity contribution is -0.300. The normalized spacial score (nSPS) is 21.6. The monoisotopic (exact) mass is 552 g/mol. The molecule has 39 heavy (non-hydrogen) atoms. The van der Waals surface area contributed by atoms with Crippen LogP contribution in [0.1, 0.15) is 41.4 Å². The second-order valence-electron chi connectivity index (χ2n) is 10.3. The van der Waals surface area contributed by atoms with Crippen LogP contribution >= 0.6 is 11.8 Å². The lowest BCUT2D eigenvalue weighted by atomic mass is 9.97. The van der Waals surface area contributed by atoms with Crippen LogP contribution in [0, 0.1) is 6.92 Å². The molecule has 2 aliphatic heterocycles. The van der Waals surface area contributed by atoms with E-state index in [9.17, 15) is 14.4 Å². The van der Waals surface area contributed by atoms with Gasteiger partial charge < -0.3 is 18.9 Å². The van der Waals surface area contributed by atoms with E-state index in [0.717, 1.165) is 15.9 Å². The SMILES string of the molecule is COc1ccc(CS[C@H]2[C@H](n3cc(C)c(=O)n(C(=O)c4ccccc4)c3=O)COC23COC(C)(C)OC3)cc1. The number of rotatable bonds is 6. The Hall–Kier alpha value is -3.18. The van der Waals surface area contributed by atoms with Gasteiger partial charge in [-0.3, -0.25) is 14.2 Å². The topological polar surface area (TPSA) is 98.0 Å². The predicted octanol–water partition coefficient (Wildman–Crippen LogP) is 3.41. The van der Waals surface area contributed by atoms with E-state index < -0.39 is 34.6 Å². The summed E-state index contributed by atoms with van der Waals surface area (Å²) in [5.41, 5.74) is -0.516. The minimum absolute atomic E-state index is 0.199. The molecule has 206 valence electrons. The number of carbonyl (C=O) groups is 1. The third-order valence-electron chi connectivity index (χ3n) is 7.19. The lowest BCUT2D eigenvalue weighted by Crippen LogP contribution is -2.57. The number of ether oxygens (including phenoxy) is 4. The Bertz CT molecular complexity index is 1450. The number of carbonyl (C=O) groups excluding carboxylic acids is 1. The fraction of sp³-hybridized carbons (Fsp3) is 0.414. The van der Waals surface area contributed by atoms with Crippen LogP contribution < -0.4 is 16.0 Å². The highest BCUT2D eigenvalue weighted by atomic mass is 32.2. The third kappa shape index (κ3) is 5.34. The highest BCUT2D eigenvalue weighted by molar-refractivity contribution is 7.99. The Kier molecular flexibility index (Phi) is 7.56. The van der Waals surface area contributed by atoms with Crippen LogP contribution in [0.15, 0.2) is 70.4 Å². The quantitative estimate of drug-likeness (QED) is 0.459. The molecule has 10 heteroatoms. The second kappa shape index (κ2) is 10.8. The lowest BCUT2D eigenvalue weighted by Gasteiger charge is -2.43. The number of thioether (sulfide) groups is 1. The first-order valence-corrected chi connectivity index (χ1v) is 13.8. The maximum absolute atomic E-state index is 13.8. The molecule has 9 nitrogen and oxygen atoms in total. The zero-order chi connectivity index (χ0) is 27.8. The van der Waals surface area contributed by atoms with Gasteiger partial charge in [0.05, 0.1) is 38.2 Å². The van der Waals surface area contributed by atoms with E-state index in [1.54, 1.807) is 56.1 Å². The van der Waals surface area contributed by atoms with Crippen LogP contribution in [0.25, 0.3) is 0 Å². The van der Waals surface area contributed by atoms with Gasteiger partial charge in [-0.25, -0.2) is 4.79 Å². The second-order valence-corrected chi connectivity index (χ2v) is 11.4. The predicted molar refractivity (Wildman–Crippen MR) is 148 cm³/mol. The molecule has 2 aromatic carbocycles. The smallest absolute Gasteiger partial charge is 0.338 e. The van der Waals surface area contributed by atoms with Gasteiger partial charge in [-0.15, -0.1) is 11.8 Å². The van der Waals surface area contributed by atoms with Crippen molar-refractivity contribution in [2.24, 2.45) is 0 Å². The number of benzene rings is 2. The van der Waals surface area contributed by atoms with Gasteiger partial charge in [-0.05, 0) is 50.6 Å². The molecule has 3 aromatic rings. The number of hydrogen-bond acceptors (Lipinski definition) is 8. The number of hydrogen-bond donors (Lipinski definition) is 0. The first-order chi connectivity index (χ1) is 18.6. The minimum atomic E-state index is -0.810. The van der Waals surface area contributed by atoms with E-state index in [1.165, 1.54) is 10.8 Å². The van der Waals surface area contributed by atoms with Gasteiger partial charge in [0.25, 0.3) is 11.5 Å². The third-order valence-corrected chi connectivity index (χ3v) is 8.80. The van der Waals surface area contributed by atoms with Crippen LogP contribution in [0.4, 0.5) is 0 Å². The molecule has 2 aliphatic rings.